The number of hydrogen-bond acceptors (Lipinski definition) is 3. The van der Waals surface area contributed by atoms with Crippen LogP contribution in [0.1, 0.15) is 43.7 Å². The van der Waals surface area contributed by atoms with E-state index in [4.69, 9.17) is 9.47 Å². The highest BCUT2D eigenvalue weighted by Crippen LogP contribution is 2.19. The van der Waals surface area contributed by atoms with Crippen molar-refractivity contribution in [1.82, 2.24) is 0 Å². The van der Waals surface area contributed by atoms with Gasteiger partial charge in [-0.05, 0) is 54.7 Å². The van der Waals surface area contributed by atoms with Gasteiger partial charge in [0.05, 0.1) is 13.2 Å². The summed E-state index contributed by atoms with van der Waals surface area (Å²) >= 11 is 0. The van der Waals surface area contributed by atoms with Crippen LogP contribution in [-0.4, -0.2) is 13.2 Å². The van der Waals surface area contributed by atoms with Crippen molar-refractivity contribution in [1.29, 1.82) is 0 Å². The van der Waals surface area contributed by atoms with Gasteiger partial charge >= 0.3 is 0 Å². The zero-order chi connectivity index (χ0) is 20.9. The zero-order valence-corrected chi connectivity index (χ0v) is 18.0. The van der Waals surface area contributed by atoms with E-state index in [1.165, 1.54) is 24.0 Å². The first-order valence-corrected chi connectivity index (χ1v) is 11.1. The molecule has 0 aromatic heterocycles. The summed E-state index contributed by atoms with van der Waals surface area (Å²) in [7, 11) is 0. The van der Waals surface area contributed by atoms with Gasteiger partial charge in [-0.15, -0.1) is 0 Å². The van der Waals surface area contributed by atoms with E-state index < -0.39 is 0 Å². The maximum absolute atomic E-state index is 5.93. The highest BCUT2D eigenvalue weighted by Gasteiger charge is 2.00. The maximum atomic E-state index is 5.93. The molecule has 158 valence electrons. The predicted molar refractivity (Wildman–Crippen MR) is 125 cm³/mol. The average molecular weight is 404 g/mol. The monoisotopic (exact) mass is 403 g/mol. The highest BCUT2D eigenvalue weighted by molar-refractivity contribution is 5.48. The Hall–Kier alpha value is -2.94. The first-order valence-electron chi connectivity index (χ1n) is 11.1. The summed E-state index contributed by atoms with van der Waals surface area (Å²) in [6, 6.07) is 27.1. The molecule has 0 saturated carbocycles. The van der Waals surface area contributed by atoms with Crippen molar-refractivity contribution in [2.24, 2.45) is 0 Å². The molecule has 0 fully saturated rings. The van der Waals surface area contributed by atoms with E-state index in [2.05, 4.69) is 79.0 Å². The third kappa shape index (κ3) is 7.82. The Kier molecular flexibility index (Phi) is 9.13. The second kappa shape index (κ2) is 12.6. The Morgan fingerprint density at radius 1 is 0.667 bits per heavy atom. The molecule has 0 amide bonds. The largest absolute Gasteiger partial charge is 0.494 e. The van der Waals surface area contributed by atoms with Crippen molar-refractivity contribution in [3.8, 4) is 11.5 Å². The Bertz CT molecular complexity index is 846. The summed E-state index contributed by atoms with van der Waals surface area (Å²) in [5.74, 6) is 1.85. The van der Waals surface area contributed by atoms with E-state index in [-0.39, 0.29) is 0 Å². The Morgan fingerprint density at radius 2 is 1.43 bits per heavy atom. The molecule has 0 saturated heterocycles. The molecule has 0 unspecified atom stereocenters. The van der Waals surface area contributed by atoms with Crippen molar-refractivity contribution >= 4 is 5.69 Å². The Morgan fingerprint density at radius 3 is 2.23 bits per heavy atom. The minimum Gasteiger partial charge on any atom is -0.494 e. The standard InChI is InChI=1S/C27H33NO2/c1-2-3-7-19-29-26-17-15-24(16-18-26)22-28-25-13-8-14-27(21-25)30-20-9-12-23-10-5-4-6-11-23/h4-6,8,10-11,13-18,21,28H,2-3,7,9,12,19-20,22H2,1H3. The molecule has 3 heteroatoms. The van der Waals surface area contributed by atoms with Crippen molar-refractivity contribution in [3.63, 3.8) is 0 Å². The average Bonchev–Trinajstić information content (AvgIpc) is 2.80. The van der Waals surface area contributed by atoms with Gasteiger partial charge in [-0.3, -0.25) is 0 Å². The molecule has 3 rings (SSSR count). The summed E-state index contributed by atoms with van der Waals surface area (Å²) in [5.41, 5.74) is 3.65. The topological polar surface area (TPSA) is 30.5 Å². The van der Waals surface area contributed by atoms with Crippen LogP contribution in [0.5, 0.6) is 11.5 Å². The van der Waals surface area contributed by atoms with Gasteiger partial charge in [-0.1, -0.05) is 68.3 Å². The first-order chi connectivity index (χ1) is 14.8. The van der Waals surface area contributed by atoms with Gasteiger partial charge in [0.15, 0.2) is 0 Å². The van der Waals surface area contributed by atoms with Crippen LogP contribution in [0.25, 0.3) is 0 Å². The van der Waals surface area contributed by atoms with E-state index >= 15 is 0 Å². The van der Waals surface area contributed by atoms with E-state index in [9.17, 15) is 0 Å². The molecule has 0 aliphatic carbocycles. The number of nitrogens with one attached hydrogen (secondary N) is 1. The fourth-order valence-electron chi connectivity index (χ4n) is 3.26. The van der Waals surface area contributed by atoms with Crippen molar-refractivity contribution in [2.75, 3.05) is 18.5 Å². The lowest BCUT2D eigenvalue weighted by Crippen LogP contribution is -2.02. The van der Waals surface area contributed by atoms with Gasteiger partial charge in [0.1, 0.15) is 11.5 Å². The molecule has 3 nitrogen and oxygen atoms in total. The van der Waals surface area contributed by atoms with Crippen molar-refractivity contribution < 1.29 is 9.47 Å². The summed E-state index contributed by atoms with van der Waals surface area (Å²) in [6.07, 6.45) is 5.60. The molecule has 0 aliphatic rings. The lowest BCUT2D eigenvalue weighted by atomic mass is 10.1. The quantitative estimate of drug-likeness (QED) is 0.316. The van der Waals surface area contributed by atoms with E-state index in [0.29, 0.717) is 0 Å². The predicted octanol–water partition coefficient (Wildman–Crippen LogP) is 6.88. The SMILES string of the molecule is CCCCCOc1ccc(CNc2cccc(OCCCc3ccccc3)c2)cc1. The normalized spacial score (nSPS) is 10.6. The van der Waals surface area contributed by atoms with E-state index in [1.807, 2.05) is 12.1 Å². The van der Waals surface area contributed by atoms with Gasteiger partial charge in [0.2, 0.25) is 0 Å². The Balaban J connectivity index is 1.39. The minimum atomic E-state index is 0.720. The summed E-state index contributed by atoms with van der Waals surface area (Å²) in [6.45, 7) is 4.49. The second-order valence-corrected chi connectivity index (χ2v) is 7.52. The summed E-state index contributed by atoms with van der Waals surface area (Å²) in [5, 5.41) is 3.48. The smallest absolute Gasteiger partial charge is 0.121 e. The fraction of sp³-hybridized carbons (Fsp3) is 0.333. The van der Waals surface area contributed by atoms with Crippen LogP contribution in [0.15, 0.2) is 78.9 Å². The van der Waals surface area contributed by atoms with Gasteiger partial charge < -0.3 is 14.8 Å². The van der Waals surface area contributed by atoms with E-state index in [0.717, 1.165) is 56.2 Å². The van der Waals surface area contributed by atoms with E-state index in [1.54, 1.807) is 0 Å². The van der Waals surface area contributed by atoms with Crippen LogP contribution in [0.3, 0.4) is 0 Å². The molecule has 0 heterocycles. The van der Waals surface area contributed by atoms with Gasteiger partial charge in [0, 0.05) is 18.3 Å². The molecule has 0 radical (unpaired) electrons. The van der Waals surface area contributed by atoms with Gasteiger partial charge in [-0.25, -0.2) is 0 Å². The number of ether oxygens (including phenoxy) is 2. The number of rotatable bonds is 13. The molecular formula is C27H33NO2. The molecular weight excluding hydrogens is 370 g/mol. The zero-order valence-electron chi connectivity index (χ0n) is 18.0. The van der Waals surface area contributed by atoms with Crippen molar-refractivity contribution in [2.45, 2.75) is 45.6 Å². The summed E-state index contributed by atoms with van der Waals surface area (Å²) in [4.78, 5) is 0. The third-order valence-corrected chi connectivity index (χ3v) is 4.99. The van der Waals surface area contributed by atoms with Crippen LogP contribution >= 0.6 is 0 Å². The number of unbranched alkanes of at least 4 members (excludes halogenated alkanes) is 2. The van der Waals surface area contributed by atoms with Crippen molar-refractivity contribution in [3.05, 3.63) is 90.0 Å². The molecule has 0 aliphatic heterocycles. The van der Waals surface area contributed by atoms with Gasteiger partial charge in [-0.2, -0.15) is 0 Å². The lowest BCUT2D eigenvalue weighted by molar-refractivity contribution is 0.306. The number of benzene rings is 3. The lowest BCUT2D eigenvalue weighted by Gasteiger charge is -2.11. The molecule has 0 atom stereocenters. The maximum Gasteiger partial charge on any atom is 0.121 e. The molecule has 3 aromatic carbocycles. The van der Waals surface area contributed by atoms with Gasteiger partial charge in [0.25, 0.3) is 0 Å². The first kappa shape index (κ1) is 21.8. The summed E-state index contributed by atoms with van der Waals surface area (Å²) < 4.78 is 11.7. The molecule has 1 N–H and O–H groups in total. The van der Waals surface area contributed by atoms with Crippen LogP contribution < -0.4 is 14.8 Å². The minimum absolute atomic E-state index is 0.720. The van der Waals surface area contributed by atoms with Crippen LogP contribution in [0.2, 0.25) is 0 Å². The number of hydrogen-bond donors (Lipinski definition) is 1. The fourth-order valence-corrected chi connectivity index (χ4v) is 3.26. The van der Waals surface area contributed by atoms with Crippen LogP contribution in [0, 0.1) is 0 Å². The third-order valence-electron chi connectivity index (χ3n) is 4.99. The molecule has 3 aromatic rings. The molecule has 30 heavy (non-hydrogen) atoms. The highest BCUT2D eigenvalue weighted by atomic mass is 16.5. The molecule has 0 spiro atoms. The number of aryl methyl sites for hydroxylation is 1. The number of anilines is 1. The molecule has 0 bridgehead atoms. The van der Waals surface area contributed by atoms with Crippen LogP contribution in [-0.2, 0) is 13.0 Å². The second-order valence-electron chi connectivity index (χ2n) is 7.52. The van der Waals surface area contributed by atoms with Crippen LogP contribution in [0.4, 0.5) is 5.69 Å². The Labute approximate surface area is 181 Å².